The van der Waals surface area contributed by atoms with Crippen LogP contribution < -0.4 is 20.1 Å². The average molecular weight is 585 g/mol. The molecule has 216 valence electrons. The Kier molecular flexibility index (Phi) is 10.3. The number of benzene rings is 2. The molecule has 0 saturated carbocycles. The Balaban J connectivity index is 1.71. The molecule has 2 N–H and O–H groups in total. The Labute approximate surface area is 250 Å². The third-order valence-corrected chi connectivity index (χ3v) is 6.50. The number of fused-ring (bicyclic) bond motifs is 1. The van der Waals surface area contributed by atoms with E-state index >= 15 is 0 Å². The predicted molar refractivity (Wildman–Crippen MR) is 167 cm³/mol. The van der Waals surface area contributed by atoms with E-state index in [4.69, 9.17) is 26.1 Å². The molecular formula is C32H33ClN6O3. The first-order chi connectivity index (χ1) is 20.3. The lowest BCUT2D eigenvalue weighted by atomic mass is 10.0. The number of ether oxygens (including phenoxy) is 2. The van der Waals surface area contributed by atoms with Crippen molar-refractivity contribution in [3.05, 3.63) is 88.9 Å². The Morgan fingerprint density at radius 2 is 1.95 bits per heavy atom. The predicted octanol–water partition coefficient (Wildman–Crippen LogP) is 6.49. The zero-order valence-corrected chi connectivity index (χ0v) is 24.8. The summed E-state index contributed by atoms with van der Waals surface area (Å²) in [6.07, 6.45) is 5.52. The fourth-order valence-electron chi connectivity index (χ4n) is 4.24. The van der Waals surface area contributed by atoms with Gasteiger partial charge in [0.25, 0.3) is 0 Å². The Morgan fingerprint density at radius 3 is 2.62 bits per heavy atom. The van der Waals surface area contributed by atoms with Gasteiger partial charge in [0.1, 0.15) is 24.2 Å². The monoisotopic (exact) mass is 584 g/mol. The minimum absolute atomic E-state index is 0.280. The van der Waals surface area contributed by atoms with Gasteiger partial charge in [0, 0.05) is 36.0 Å². The minimum Gasteiger partial charge on any atom is -0.492 e. The number of carbonyl (C=O) groups excluding carboxylic acids is 1. The number of carbonyl (C=O) groups is 1. The van der Waals surface area contributed by atoms with Gasteiger partial charge in [-0.25, -0.2) is 0 Å². The number of halogens is 1. The zero-order chi connectivity index (χ0) is 30.1. The van der Waals surface area contributed by atoms with Crippen LogP contribution >= 0.6 is 11.6 Å². The van der Waals surface area contributed by atoms with Gasteiger partial charge in [-0.05, 0) is 63.8 Å². The van der Waals surface area contributed by atoms with E-state index in [1.54, 1.807) is 36.5 Å². The summed E-state index contributed by atoms with van der Waals surface area (Å²) in [5, 5.41) is 17.5. The van der Waals surface area contributed by atoms with Crippen LogP contribution in [0.3, 0.4) is 0 Å². The van der Waals surface area contributed by atoms with E-state index in [-0.39, 0.29) is 12.5 Å². The third kappa shape index (κ3) is 7.55. The first-order valence-corrected chi connectivity index (χ1v) is 14.0. The number of nitrogens with one attached hydrogen (secondary N) is 2. The lowest BCUT2D eigenvalue weighted by Crippen LogP contribution is -2.13. The van der Waals surface area contributed by atoms with Gasteiger partial charge >= 0.3 is 0 Å². The van der Waals surface area contributed by atoms with Crippen LogP contribution in [0.1, 0.15) is 30.8 Å². The van der Waals surface area contributed by atoms with Crippen LogP contribution in [0.5, 0.6) is 11.5 Å². The molecule has 4 aromatic rings. The second-order valence-electron chi connectivity index (χ2n) is 9.61. The molecule has 0 radical (unpaired) electrons. The maximum Gasteiger partial charge on any atom is 0.248 e. The number of amides is 1. The number of anilines is 3. The number of hydrogen-bond donors (Lipinski definition) is 2. The molecule has 4 rings (SSSR count). The second kappa shape index (κ2) is 14.3. The highest BCUT2D eigenvalue weighted by Crippen LogP contribution is 2.38. The number of likely N-dealkylation sites (N-methyl/N-ethyl adjacent to an activating group) is 1. The van der Waals surface area contributed by atoms with Gasteiger partial charge in [0.2, 0.25) is 5.91 Å². The van der Waals surface area contributed by atoms with E-state index in [1.807, 2.05) is 57.1 Å². The molecule has 2 aromatic heterocycles. The van der Waals surface area contributed by atoms with Gasteiger partial charge in [-0.2, -0.15) is 5.26 Å². The van der Waals surface area contributed by atoms with Crippen LogP contribution in [-0.2, 0) is 17.8 Å². The quantitative estimate of drug-likeness (QED) is 0.182. The lowest BCUT2D eigenvalue weighted by Gasteiger charge is -2.18. The number of nitrogens with zero attached hydrogens (tertiary/aromatic N) is 4. The van der Waals surface area contributed by atoms with Crippen molar-refractivity contribution in [2.45, 2.75) is 26.9 Å². The third-order valence-electron chi connectivity index (χ3n) is 6.21. The Hall–Kier alpha value is -4.65. The summed E-state index contributed by atoms with van der Waals surface area (Å²) in [4.78, 5) is 23.7. The maximum absolute atomic E-state index is 12.7. The smallest absolute Gasteiger partial charge is 0.248 e. The van der Waals surface area contributed by atoms with E-state index in [2.05, 4.69) is 21.7 Å². The first kappa shape index (κ1) is 30.3. The van der Waals surface area contributed by atoms with Crippen LogP contribution in [0.4, 0.5) is 17.1 Å². The largest absolute Gasteiger partial charge is 0.492 e. The molecule has 0 atom stereocenters. The number of aromatic nitrogens is 2. The maximum atomic E-state index is 12.7. The molecule has 0 aliphatic rings. The zero-order valence-electron chi connectivity index (χ0n) is 24.1. The van der Waals surface area contributed by atoms with E-state index in [0.717, 1.165) is 5.69 Å². The van der Waals surface area contributed by atoms with Crippen molar-refractivity contribution in [3.63, 3.8) is 0 Å². The van der Waals surface area contributed by atoms with E-state index in [9.17, 15) is 10.1 Å². The molecule has 0 bridgehead atoms. The summed E-state index contributed by atoms with van der Waals surface area (Å²) >= 11 is 6.58. The van der Waals surface area contributed by atoms with Crippen molar-refractivity contribution in [2.75, 3.05) is 37.9 Å². The topological polar surface area (TPSA) is 112 Å². The molecule has 0 aliphatic heterocycles. The average Bonchev–Trinajstić information content (AvgIpc) is 2.97. The van der Waals surface area contributed by atoms with Crippen molar-refractivity contribution in [2.24, 2.45) is 0 Å². The van der Waals surface area contributed by atoms with Crippen molar-refractivity contribution in [3.8, 4) is 17.6 Å². The molecule has 0 fully saturated rings. The number of hydrogen-bond acceptors (Lipinski definition) is 8. The van der Waals surface area contributed by atoms with Crippen LogP contribution in [-0.4, -0.2) is 48.0 Å². The first-order valence-electron chi connectivity index (χ1n) is 13.6. The molecule has 42 heavy (non-hydrogen) atoms. The summed E-state index contributed by atoms with van der Waals surface area (Å²) in [5.41, 5.74) is 4.13. The molecule has 2 heterocycles. The van der Waals surface area contributed by atoms with Gasteiger partial charge in [0.05, 0.1) is 45.5 Å². The van der Waals surface area contributed by atoms with Gasteiger partial charge in [-0.1, -0.05) is 30.7 Å². The molecule has 0 unspecified atom stereocenters. The molecule has 0 saturated heterocycles. The highest BCUT2D eigenvalue weighted by molar-refractivity contribution is 6.32. The van der Waals surface area contributed by atoms with E-state index in [0.29, 0.717) is 75.3 Å². The number of aryl methyl sites for hydroxylation is 1. The van der Waals surface area contributed by atoms with Gasteiger partial charge < -0.3 is 25.0 Å². The highest BCUT2D eigenvalue weighted by atomic mass is 35.5. The number of pyridine rings is 2. The summed E-state index contributed by atoms with van der Waals surface area (Å²) in [6.45, 7) is 5.13. The standard InChI is InChI=1S/C32H33ClN6O3/c1-5-26-24(19-34)32(36-21-12-13-29(25(33)16-21)42-20-22-10-7-8-14-35-22)23-17-28(30(41-6-2)18-27(23)37-26)38-31(40)11-9-15-39(3)4/h7-14,16-18H,5-6,15,20H2,1-4H3,(H,36,37)(H,38,40)/b11-9+. The Bertz CT molecular complexity index is 1630. The SMILES string of the molecule is CCOc1cc2nc(CC)c(C#N)c(Nc3ccc(OCc4ccccn4)c(Cl)c3)c2cc1NC(=O)/C=C/CN(C)C. The van der Waals surface area contributed by atoms with Crippen molar-refractivity contribution < 1.29 is 14.3 Å². The lowest BCUT2D eigenvalue weighted by molar-refractivity contribution is -0.111. The normalized spacial score (nSPS) is 11.1. The Morgan fingerprint density at radius 1 is 1.12 bits per heavy atom. The van der Waals surface area contributed by atoms with Crippen LogP contribution in [0.15, 0.2) is 66.9 Å². The second-order valence-corrected chi connectivity index (χ2v) is 10.0. The molecule has 9 nitrogen and oxygen atoms in total. The van der Waals surface area contributed by atoms with Gasteiger partial charge in [0.15, 0.2) is 0 Å². The molecule has 2 aromatic carbocycles. The minimum atomic E-state index is -0.293. The number of rotatable bonds is 12. The molecule has 10 heteroatoms. The van der Waals surface area contributed by atoms with Crippen molar-refractivity contribution in [1.29, 1.82) is 5.26 Å². The van der Waals surface area contributed by atoms with Crippen molar-refractivity contribution in [1.82, 2.24) is 14.9 Å². The molecule has 1 amide bonds. The molecule has 0 aliphatic carbocycles. The van der Waals surface area contributed by atoms with Crippen LogP contribution in [0.25, 0.3) is 10.9 Å². The molecular weight excluding hydrogens is 552 g/mol. The van der Waals surface area contributed by atoms with Gasteiger partial charge in [-0.3, -0.25) is 14.8 Å². The summed E-state index contributed by atoms with van der Waals surface area (Å²) in [6, 6.07) is 16.8. The summed E-state index contributed by atoms with van der Waals surface area (Å²) in [7, 11) is 3.85. The van der Waals surface area contributed by atoms with Crippen LogP contribution in [0, 0.1) is 11.3 Å². The van der Waals surface area contributed by atoms with Crippen molar-refractivity contribution >= 4 is 45.5 Å². The fourth-order valence-corrected chi connectivity index (χ4v) is 4.48. The molecule has 0 spiro atoms. The fraction of sp³-hybridized carbons (Fsp3) is 0.250. The van der Waals surface area contributed by atoms with Gasteiger partial charge in [-0.15, -0.1) is 0 Å². The van der Waals surface area contributed by atoms with E-state index in [1.165, 1.54) is 6.08 Å². The summed E-state index contributed by atoms with van der Waals surface area (Å²) in [5.74, 6) is 0.705. The highest BCUT2D eigenvalue weighted by Gasteiger charge is 2.19. The number of nitriles is 1. The van der Waals surface area contributed by atoms with Crippen LogP contribution in [0.2, 0.25) is 5.02 Å². The van der Waals surface area contributed by atoms with E-state index < -0.39 is 0 Å². The summed E-state index contributed by atoms with van der Waals surface area (Å²) < 4.78 is 11.7.